The van der Waals surface area contributed by atoms with Gasteiger partial charge in [-0.05, 0) is 97.5 Å². The molecule has 0 heterocycles. The second kappa shape index (κ2) is 5.75. The molecule has 0 spiro atoms. The van der Waals surface area contributed by atoms with Crippen molar-refractivity contribution in [3.05, 3.63) is 48.0 Å². The van der Waals surface area contributed by atoms with Crippen LogP contribution in [0.4, 0.5) is 17.1 Å². The van der Waals surface area contributed by atoms with E-state index in [9.17, 15) is 0 Å². The molecule has 0 radical (unpaired) electrons. The summed E-state index contributed by atoms with van der Waals surface area (Å²) in [6.07, 6.45) is 0. The molecule has 0 aliphatic carbocycles. The van der Waals surface area contributed by atoms with Gasteiger partial charge in [0.2, 0.25) is 0 Å². The third kappa shape index (κ3) is 3.47. The van der Waals surface area contributed by atoms with Crippen LogP contribution in [-0.2, 0) is 0 Å². The second-order valence-corrected chi connectivity index (χ2v) is 6.83. The van der Waals surface area contributed by atoms with Crippen LogP contribution in [0.2, 0.25) is 0 Å². The van der Waals surface area contributed by atoms with E-state index >= 15 is 0 Å². The van der Waals surface area contributed by atoms with Gasteiger partial charge in [0, 0.05) is 11.6 Å². The number of nitrogens with two attached hydrogens (primary N) is 1. The minimum absolute atomic E-state index is 0.752. The van der Waals surface area contributed by atoms with Crippen LogP contribution in [0.1, 0.15) is 0 Å². The molecular formula is C12H9BrI2N2. The average molecular weight is 515 g/mol. The first-order valence-electron chi connectivity index (χ1n) is 4.83. The highest BCUT2D eigenvalue weighted by atomic mass is 127. The largest absolute Gasteiger partial charge is 0.397 e. The van der Waals surface area contributed by atoms with E-state index in [1.165, 1.54) is 3.57 Å². The molecule has 0 aliphatic heterocycles. The number of hydrogen-bond donors (Lipinski definition) is 2. The highest BCUT2D eigenvalue weighted by Gasteiger charge is 2.04. The summed E-state index contributed by atoms with van der Waals surface area (Å²) in [5.41, 5.74) is 8.65. The summed E-state index contributed by atoms with van der Waals surface area (Å²) in [6.45, 7) is 0. The first-order chi connectivity index (χ1) is 8.06. The molecule has 2 aromatic carbocycles. The Morgan fingerprint density at radius 3 is 2.12 bits per heavy atom. The van der Waals surface area contributed by atoms with Gasteiger partial charge in [-0.3, -0.25) is 0 Å². The van der Waals surface area contributed by atoms with Gasteiger partial charge in [0.1, 0.15) is 0 Å². The number of halogens is 3. The SMILES string of the molecule is Nc1cc(I)ccc1Nc1ccc(I)cc1Br. The Labute approximate surface area is 136 Å². The van der Waals surface area contributed by atoms with E-state index in [4.69, 9.17) is 5.73 Å². The Morgan fingerprint density at radius 1 is 0.941 bits per heavy atom. The molecule has 0 amide bonds. The van der Waals surface area contributed by atoms with Crippen molar-refractivity contribution in [2.45, 2.75) is 0 Å². The van der Waals surface area contributed by atoms with Crippen molar-refractivity contribution in [2.24, 2.45) is 0 Å². The summed E-state index contributed by atoms with van der Waals surface area (Å²) >= 11 is 8.06. The lowest BCUT2D eigenvalue weighted by Gasteiger charge is -2.11. The molecular weight excluding hydrogens is 506 g/mol. The van der Waals surface area contributed by atoms with Gasteiger partial charge < -0.3 is 11.1 Å². The molecule has 0 saturated carbocycles. The van der Waals surface area contributed by atoms with Crippen molar-refractivity contribution in [1.29, 1.82) is 0 Å². The van der Waals surface area contributed by atoms with E-state index in [1.807, 2.05) is 24.3 Å². The normalized spacial score (nSPS) is 10.3. The molecule has 2 rings (SSSR count). The van der Waals surface area contributed by atoms with Gasteiger partial charge >= 0.3 is 0 Å². The summed E-state index contributed by atoms with van der Waals surface area (Å²) in [5.74, 6) is 0. The Kier molecular flexibility index (Phi) is 4.53. The van der Waals surface area contributed by atoms with E-state index in [-0.39, 0.29) is 0 Å². The topological polar surface area (TPSA) is 38.0 Å². The van der Waals surface area contributed by atoms with E-state index < -0.39 is 0 Å². The minimum Gasteiger partial charge on any atom is -0.397 e. The number of hydrogen-bond acceptors (Lipinski definition) is 2. The van der Waals surface area contributed by atoms with Crippen molar-refractivity contribution >= 4 is 78.2 Å². The summed E-state index contributed by atoms with van der Waals surface area (Å²) < 4.78 is 3.35. The van der Waals surface area contributed by atoms with Crippen LogP contribution >= 0.6 is 61.1 Å². The van der Waals surface area contributed by atoms with Gasteiger partial charge in [0.15, 0.2) is 0 Å². The van der Waals surface area contributed by atoms with Crippen LogP contribution < -0.4 is 11.1 Å². The maximum atomic E-state index is 5.97. The summed E-state index contributed by atoms with van der Waals surface area (Å²) in [5, 5.41) is 3.32. The molecule has 3 N–H and O–H groups in total. The minimum atomic E-state index is 0.752. The molecule has 0 saturated heterocycles. The first kappa shape index (κ1) is 13.4. The number of anilines is 3. The van der Waals surface area contributed by atoms with Gasteiger partial charge in [-0.25, -0.2) is 0 Å². The van der Waals surface area contributed by atoms with Gasteiger partial charge in [0.25, 0.3) is 0 Å². The van der Waals surface area contributed by atoms with Gasteiger partial charge in [0.05, 0.1) is 17.1 Å². The predicted octanol–water partition coefficient (Wildman–Crippen LogP) is 4.98. The van der Waals surface area contributed by atoms with Crippen LogP contribution in [0.25, 0.3) is 0 Å². The van der Waals surface area contributed by atoms with E-state index in [0.29, 0.717) is 0 Å². The lowest BCUT2D eigenvalue weighted by Crippen LogP contribution is -1.97. The zero-order valence-corrected chi connectivity index (χ0v) is 14.6. The Balaban J connectivity index is 2.31. The molecule has 2 aromatic rings. The second-order valence-electron chi connectivity index (χ2n) is 3.48. The van der Waals surface area contributed by atoms with Crippen LogP contribution in [0.3, 0.4) is 0 Å². The quantitative estimate of drug-likeness (QED) is 0.438. The molecule has 0 fully saturated rings. The molecule has 0 atom stereocenters. The fourth-order valence-electron chi connectivity index (χ4n) is 1.38. The highest BCUT2D eigenvalue weighted by molar-refractivity contribution is 14.1. The van der Waals surface area contributed by atoms with E-state index in [0.717, 1.165) is 25.1 Å². The van der Waals surface area contributed by atoms with Crippen molar-refractivity contribution in [2.75, 3.05) is 11.1 Å². The Hall–Kier alpha value is -0.0200. The van der Waals surface area contributed by atoms with Crippen LogP contribution in [0.15, 0.2) is 40.9 Å². The van der Waals surface area contributed by atoms with Crippen LogP contribution in [0.5, 0.6) is 0 Å². The number of nitrogens with one attached hydrogen (secondary N) is 1. The molecule has 2 nitrogen and oxygen atoms in total. The Bertz CT molecular complexity index is 509. The smallest absolute Gasteiger partial charge is 0.0618 e. The first-order valence-corrected chi connectivity index (χ1v) is 7.78. The summed E-state index contributed by atoms with van der Waals surface area (Å²) in [7, 11) is 0. The molecule has 0 aromatic heterocycles. The molecule has 0 aliphatic rings. The van der Waals surface area contributed by atoms with Crippen LogP contribution in [-0.4, -0.2) is 0 Å². The van der Waals surface area contributed by atoms with Crippen molar-refractivity contribution < 1.29 is 0 Å². The number of rotatable bonds is 2. The van der Waals surface area contributed by atoms with Crippen molar-refractivity contribution in [1.82, 2.24) is 0 Å². The predicted molar refractivity (Wildman–Crippen MR) is 93.7 cm³/mol. The van der Waals surface area contributed by atoms with Crippen molar-refractivity contribution in [3.8, 4) is 0 Å². The third-order valence-corrected chi connectivity index (χ3v) is 4.21. The maximum Gasteiger partial charge on any atom is 0.0618 e. The van der Waals surface area contributed by atoms with E-state index in [2.05, 4.69) is 78.6 Å². The highest BCUT2D eigenvalue weighted by Crippen LogP contribution is 2.30. The fraction of sp³-hybridized carbons (Fsp3) is 0. The molecule has 0 unspecified atom stereocenters. The standard InChI is InChI=1S/C12H9BrI2N2/c13-9-5-7(14)1-3-11(9)17-12-4-2-8(15)6-10(12)16/h1-6,17H,16H2. The Morgan fingerprint density at radius 2 is 1.53 bits per heavy atom. The molecule has 88 valence electrons. The van der Waals surface area contributed by atoms with Gasteiger partial charge in [-0.15, -0.1) is 0 Å². The zero-order chi connectivity index (χ0) is 12.4. The number of benzene rings is 2. The van der Waals surface area contributed by atoms with Crippen molar-refractivity contribution in [3.63, 3.8) is 0 Å². The zero-order valence-electron chi connectivity index (χ0n) is 8.68. The third-order valence-electron chi connectivity index (χ3n) is 2.21. The number of nitrogen functional groups attached to an aromatic ring is 1. The lowest BCUT2D eigenvalue weighted by molar-refractivity contribution is 1.50. The van der Waals surface area contributed by atoms with Gasteiger partial charge in [-0.2, -0.15) is 0 Å². The lowest BCUT2D eigenvalue weighted by atomic mass is 10.2. The fourth-order valence-corrected chi connectivity index (χ4v) is 3.30. The maximum absolute atomic E-state index is 5.97. The monoisotopic (exact) mass is 514 g/mol. The molecule has 17 heavy (non-hydrogen) atoms. The molecule has 5 heteroatoms. The average Bonchev–Trinajstić information content (AvgIpc) is 2.25. The van der Waals surface area contributed by atoms with Gasteiger partial charge in [-0.1, -0.05) is 0 Å². The van der Waals surface area contributed by atoms with Crippen LogP contribution in [0, 0.1) is 7.14 Å². The van der Waals surface area contributed by atoms with E-state index in [1.54, 1.807) is 0 Å². The summed E-state index contributed by atoms with van der Waals surface area (Å²) in [6, 6.07) is 12.1. The molecule has 0 bridgehead atoms. The summed E-state index contributed by atoms with van der Waals surface area (Å²) in [4.78, 5) is 0.